The number of aromatic nitrogens is 2. The summed E-state index contributed by atoms with van der Waals surface area (Å²) in [4.78, 5) is 20.2. The fourth-order valence-electron chi connectivity index (χ4n) is 4.34. The van der Waals surface area contributed by atoms with Crippen molar-refractivity contribution in [2.45, 2.75) is 32.0 Å². The summed E-state index contributed by atoms with van der Waals surface area (Å²) in [6, 6.07) is 15.7. The van der Waals surface area contributed by atoms with Crippen molar-refractivity contribution in [1.29, 1.82) is 0 Å². The van der Waals surface area contributed by atoms with Crippen LogP contribution in [-0.2, 0) is 13.1 Å². The second kappa shape index (κ2) is 8.86. The maximum atomic E-state index is 13.7. The van der Waals surface area contributed by atoms with Gasteiger partial charge >= 0.3 is 0 Å². The van der Waals surface area contributed by atoms with Crippen LogP contribution in [0.2, 0.25) is 0 Å². The molecule has 1 N–H and O–H groups in total. The Labute approximate surface area is 184 Å². The van der Waals surface area contributed by atoms with Gasteiger partial charge < -0.3 is 14.8 Å². The molecule has 2 aromatic carbocycles. The van der Waals surface area contributed by atoms with Crippen LogP contribution in [0.1, 0.15) is 17.7 Å². The Morgan fingerprint density at radius 3 is 2.77 bits per heavy atom. The molecule has 160 valence electrons. The number of fused-ring (bicyclic) bond motifs is 2. The first kappa shape index (κ1) is 20.3. The van der Waals surface area contributed by atoms with Gasteiger partial charge in [-0.2, -0.15) is 0 Å². The predicted molar refractivity (Wildman–Crippen MR) is 124 cm³/mol. The summed E-state index contributed by atoms with van der Waals surface area (Å²) in [5.74, 6) is -0.348. The molecule has 1 saturated heterocycles. The first-order chi connectivity index (χ1) is 15.2. The Kier molecular flexibility index (Phi) is 5.80. The van der Waals surface area contributed by atoms with E-state index in [2.05, 4.69) is 45.5 Å². The Bertz CT molecular complexity index is 1230. The third kappa shape index (κ3) is 4.54. The second-order valence-electron chi connectivity index (χ2n) is 8.13. The lowest BCUT2D eigenvalue weighted by Gasteiger charge is -2.32. The van der Waals surface area contributed by atoms with Gasteiger partial charge in [-0.25, -0.2) is 9.37 Å². The maximum absolute atomic E-state index is 13.7. The van der Waals surface area contributed by atoms with Crippen molar-refractivity contribution in [3.63, 3.8) is 0 Å². The topological polar surface area (TPSA) is 50.2 Å². The number of benzene rings is 2. The van der Waals surface area contributed by atoms with Gasteiger partial charge in [0.1, 0.15) is 5.82 Å². The van der Waals surface area contributed by atoms with E-state index in [9.17, 15) is 9.18 Å². The van der Waals surface area contributed by atoms with E-state index in [0.29, 0.717) is 23.6 Å². The van der Waals surface area contributed by atoms with Crippen LogP contribution >= 0.6 is 11.3 Å². The van der Waals surface area contributed by atoms with Gasteiger partial charge in [0, 0.05) is 35.3 Å². The molecule has 0 amide bonds. The number of halogens is 1. The molecule has 4 aromatic rings. The lowest BCUT2D eigenvalue weighted by Crippen LogP contribution is -2.43. The van der Waals surface area contributed by atoms with Gasteiger partial charge in [-0.3, -0.25) is 4.79 Å². The average molecular weight is 437 g/mol. The fraction of sp³-hybridized carbons (Fsp3) is 0.333. The monoisotopic (exact) mass is 436 g/mol. The molecule has 5 rings (SSSR count). The van der Waals surface area contributed by atoms with Crippen LogP contribution in [0.3, 0.4) is 0 Å². The molecule has 0 unspecified atom stereocenters. The van der Waals surface area contributed by atoms with Crippen LogP contribution in [0.15, 0.2) is 59.5 Å². The molecule has 1 aliphatic rings. The van der Waals surface area contributed by atoms with Gasteiger partial charge in [-0.15, -0.1) is 11.3 Å². The van der Waals surface area contributed by atoms with Crippen LogP contribution in [0, 0.1) is 5.82 Å². The van der Waals surface area contributed by atoms with E-state index in [0.717, 1.165) is 39.0 Å². The van der Waals surface area contributed by atoms with Crippen LogP contribution in [0.4, 0.5) is 4.39 Å². The zero-order chi connectivity index (χ0) is 21.2. The normalized spacial score (nSPS) is 15.8. The molecular formula is C24H25FN4OS. The minimum atomic E-state index is -0.348. The van der Waals surface area contributed by atoms with E-state index < -0.39 is 0 Å². The smallest absolute Gasteiger partial charge is 0.269 e. The molecular weight excluding hydrogens is 411 g/mol. The number of nitrogens with one attached hydrogen (secondary N) is 1. The SMILES string of the molecule is O=c1cnc2ccc(F)cc2n1CCN1CCC(NCc2cc3ccccc3s2)CC1. The highest BCUT2D eigenvalue weighted by molar-refractivity contribution is 7.19. The molecule has 3 heterocycles. The molecule has 31 heavy (non-hydrogen) atoms. The number of thiophene rings is 1. The number of nitrogens with zero attached hydrogens (tertiary/aromatic N) is 3. The van der Waals surface area contributed by atoms with Gasteiger partial charge in [0.05, 0.1) is 17.2 Å². The fourth-order valence-corrected chi connectivity index (χ4v) is 5.35. The quantitative estimate of drug-likeness (QED) is 0.496. The van der Waals surface area contributed by atoms with Crippen molar-refractivity contribution in [1.82, 2.24) is 19.8 Å². The molecule has 0 saturated carbocycles. The summed E-state index contributed by atoms with van der Waals surface area (Å²) in [7, 11) is 0. The van der Waals surface area contributed by atoms with Crippen molar-refractivity contribution < 1.29 is 4.39 Å². The number of hydrogen-bond donors (Lipinski definition) is 1. The van der Waals surface area contributed by atoms with Gasteiger partial charge in [-0.05, 0) is 61.6 Å². The zero-order valence-corrected chi connectivity index (χ0v) is 18.1. The third-order valence-electron chi connectivity index (χ3n) is 6.08. The molecule has 0 radical (unpaired) electrons. The minimum Gasteiger partial charge on any atom is -0.309 e. The number of hydrogen-bond acceptors (Lipinski definition) is 5. The molecule has 1 fully saturated rings. The summed E-state index contributed by atoms with van der Waals surface area (Å²) in [6.07, 6.45) is 3.50. The van der Waals surface area contributed by atoms with E-state index in [4.69, 9.17) is 0 Å². The molecule has 0 spiro atoms. The van der Waals surface area contributed by atoms with E-state index in [1.165, 1.54) is 33.3 Å². The van der Waals surface area contributed by atoms with Crippen LogP contribution in [0.5, 0.6) is 0 Å². The van der Waals surface area contributed by atoms with Crippen LogP contribution < -0.4 is 10.9 Å². The van der Waals surface area contributed by atoms with E-state index >= 15 is 0 Å². The van der Waals surface area contributed by atoms with Gasteiger partial charge in [0.25, 0.3) is 5.56 Å². The van der Waals surface area contributed by atoms with Crippen LogP contribution in [-0.4, -0.2) is 40.1 Å². The van der Waals surface area contributed by atoms with E-state index in [1.54, 1.807) is 10.6 Å². The average Bonchev–Trinajstić information content (AvgIpc) is 3.21. The minimum absolute atomic E-state index is 0.182. The highest BCUT2D eigenvalue weighted by atomic mass is 32.1. The van der Waals surface area contributed by atoms with Crippen molar-refractivity contribution in [2.75, 3.05) is 19.6 Å². The van der Waals surface area contributed by atoms with Crippen molar-refractivity contribution in [2.24, 2.45) is 0 Å². The Morgan fingerprint density at radius 1 is 1.10 bits per heavy atom. The number of piperidine rings is 1. The summed E-state index contributed by atoms with van der Waals surface area (Å²) in [5, 5.41) is 5.03. The van der Waals surface area contributed by atoms with Crippen molar-refractivity contribution in [3.05, 3.63) is 75.8 Å². The standard InChI is InChI=1S/C24H25FN4OS/c25-18-5-6-21-22(14-18)29(24(30)16-27-21)12-11-28-9-7-19(8-10-28)26-15-20-13-17-3-1-2-4-23(17)31-20/h1-6,13-14,16,19,26H,7-12,15H2. The predicted octanol–water partition coefficient (Wildman–Crippen LogP) is 4.00. The maximum Gasteiger partial charge on any atom is 0.269 e. The summed E-state index contributed by atoms with van der Waals surface area (Å²) in [5.41, 5.74) is 1.02. The van der Waals surface area contributed by atoms with Crippen molar-refractivity contribution in [3.8, 4) is 0 Å². The first-order valence-electron chi connectivity index (χ1n) is 10.7. The van der Waals surface area contributed by atoms with Crippen LogP contribution in [0.25, 0.3) is 21.1 Å². The highest BCUT2D eigenvalue weighted by Gasteiger charge is 2.19. The molecule has 0 bridgehead atoms. The van der Waals surface area contributed by atoms with Gasteiger partial charge in [0.2, 0.25) is 0 Å². The lowest BCUT2D eigenvalue weighted by atomic mass is 10.1. The zero-order valence-electron chi connectivity index (χ0n) is 17.3. The Morgan fingerprint density at radius 2 is 1.94 bits per heavy atom. The van der Waals surface area contributed by atoms with Gasteiger partial charge in [-0.1, -0.05) is 18.2 Å². The largest absolute Gasteiger partial charge is 0.309 e. The van der Waals surface area contributed by atoms with E-state index in [-0.39, 0.29) is 11.4 Å². The third-order valence-corrected chi connectivity index (χ3v) is 7.19. The highest BCUT2D eigenvalue weighted by Crippen LogP contribution is 2.25. The lowest BCUT2D eigenvalue weighted by molar-refractivity contribution is 0.191. The molecule has 2 aromatic heterocycles. The number of rotatable bonds is 6. The second-order valence-corrected chi connectivity index (χ2v) is 9.30. The van der Waals surface area contributed by atoms with Gasteiger partial charge in [0.15, 0.2) is 0 Å². The molecule has 7 heteroatoms. The molecule has 0 atom stereocenters. The summed E-state index contributed by atoms with van der Waals surface area (Å²) < 4.78 is 16.7. The van der Waals surface area contributed by atoms with E-state index in [1.807, 2.05) is 11.3 Å². The summed E-state index contributed by atoms with van der Waals surface area (Å²) in [6.45, 7) is 4.22. The molecule has 0 aliphatic carbocycles. The number of likely N-dealkylation sites (tertiary alicyclic amines) is 1. The molecule has 5 nitrogen and oxygen atoms in total. The Balaban J connectivity index is 1.14. The summed E-state index contributed by atoms with van der Waals surface area (Å²) >= 11 is 1.86. The first-order valence-corrected chi connectivity index (χ1v) is 11.6. The Hall–Kier alpha value is -2.61. The van der Waals surface area contributed by atoms with Crippen molar-refractivity contribution >= 4 is 32.5 Å². The molecule has 1 aliphatic heterocycles.